The molecule has 4 nitrogen and oxygen atoms in total. The van der Waals surface area contributed by atoms with E-state index in [2.05, 4.69) is 22.3 Å². The first-order chi connectivity index (χ1) is 11.2. The summed E-state index contributed by atoms with van der Waals surface area (Å²) in [5.41, 5.74) is 5.38. The van der Waals surface area contributed by atoms with Crippen molar-refractivity contribution in [1.82, 2.24) is 0 Å². The van der Waals surface area contributed by atoms with Crippen molar-refractivity contribution in [1.29, 1.82) is 0 Å². The van der Waals surface area contributed by atoms with Crippen molar-refractivity contribution < 1.29 is 9.47 Å². The van der Waals surface area contributed by atoms with E-state index in [0.717, 1.165) is 41.1 Å². The van der Waals surface area contributed by atoms with E-state index in [-0.39, 0.29) is 0 Å². The minimum atomic E-state index is 0.714. The fourth-order valence-electron chi connectivity index (χ4n) is 2.77. The van der Waals surface area contributed by atoms with Crippen LogP contribution in [0.5, 0.6) is 11.5 Å². The van der Waals surface area contributed by atoms with Gasteiger partial charge in [0.15, 0.2) is 11.5 Å². The zero-order chi connectivity index (χ0) is 16.2. The lowest BCUT2D eigenvalue weighted by Crippen LogP contribution is -2.09. The maximum absolute atomic E-state index is 5.45. The van der Waals surface area contributed by atoms with Crippen LogP contribution < -0.4 is 9.47 Å². The summed E-state index contributed by atoms with van der Waals surface area (Å²) < 4.78 is 10.9. The quantitative estimate of drug-likeness (QED) is 0.865. The highest BCUT2D eigenvalue weighted by molar-refractivity contribution is 6.06. The second-order valence-electron chi connectivity index (χ2n) is 5.59. The monoisotopic (exact) mass is 308 g/mol. The SMILES string of the molecule is COc1cc2c(cc1OC)C(Cc1ccccc1)=NN=C(C)C2. The molecule has 0 saturated heterocycles. The van der Waals surface area contributed by atoms with E-state index < -0.39 is 0 Å². The van der Waals surface area contributed by atoms with Crippen molar-refractivity contribution >= 4 is 11.4 Å². The summed E-state index contributed by atoms with van der Waals surface area (Å²) >= 11 is 0. The van der Waals surface area contributed by atoms with E-state index in [0.29, 0.717) is 5.75 Å². The molecule has 0 unspecified atom stereocenters. The van der Waals surface area contributed by atoms with Crippen LogP contribution in [-0.4, -0.2) is 25.6 Å². The molecule has 0 fully saturated rings. The van der Waals surface area contributed by atoms with Gasteiger partial charge in [0.25, 0.3) is 0 Å². The van der Waals surface area contributed by atoms with Gasteiger partial charge in [-0.25, -0.2) is 0 Å². The largest absolute Gasteiger partial charge is 0.493 e. The number of rotatable bonds is 4. The molecule has 0 radical (unpaired) electrons. The van der Waals surface area contributed by atoms with Gasteiger partial charge in [-0.05, 0) is 30.2 Å². The van der Waals surface area contributed by atoms with Crippen LogP contribution in [0.2, 0.25) is 0 Å². The molecule has 0 amide bonds. The van der Waals surface area contributed by atoms with Crippen LogP contribution in [0.15, 0.2) is 52.7 Å². The predicted molar refractivity (Wildman–Crippen MR) is 93.0 cm³/mol. The van der Waals surface area contributed by atoms with E-state index >= 15 is 0 Å². The van der Waals surface area contributed by atoms with Gasteiger partial charge >= 0.3 is 0 Å². The first-order valence-corrected chi connectivity index (χ1v) is 7.60. The van der Waals surface area contributed by atoms with Crippen molar-refractivity contribution in [2.24, 2.45) is 10.2 Å². The maximum Gasteiger partial charge on any atom is 0.161 e. The highest BCUT2D eigenvalue weighted by Crippen LogP contribution is 2.32. The number of hydrogen-bond acceptors (Lipinski definition) is 4. The second kappa shape index (κ2) is 6.65. The van der Waals surface area contributed by atoms with E-state index in [9.17, 15) is 0 Å². The lowest BCUT2D eigenvalue weighted by atomic mass is 9.94. The Morgan fingerprint density at radius 3 is 2.35 bits per heavy atom. The van der Waals surface area contributed by atoms with E-state index in [4.69, 9.17) is 9.47 Å². The van der Waals surface area contributed by atoms with Gasteiger partial charge in [0.1, 0.15) is 0 Å². The standard InChI is InChI=1S/C19H20N2O2/c1-13-9-15-11-18(22-2)19(23-3)12-16(15)17(21-20-13)10-14-7-5-4-6-8-14/h4-8,11-12H,9-10H2,1-3H3. The number of nitrogens with zero attached hydrogens (tertiary/aromatic N) is 2. The Kier molecular flexibility index (Phi) is 4.42. The molecular formula is C19H20N2O2. The van der Waals surface area contributed by atoms with Gasteiger partial charge < -0.3 is 9.47 Å². The Morgan fingerprint density at radius 1 is 0.957 bits per heavy atom. The summed E-state index contributed by atoms with van der Waals surface area (Å²) in [6.45, 7) is 2.00. The second-order valence-corrected chi connectivity index (χ2v) is 5.59. The third kappa shape index (κ3) is 3.26. The van der Waals surface area contributed by atoms with Crippen molar-refractivity contribution in [3.8, 4) is 11.5 Å². The van der Waals surface area contributed by atoms with Crippen molar-refractivity contribution in [3.63, 3.8) is 0 Å². The Labute approximate surface area is 136 Å². The number of methoxy groups -OCH3 is 2. The molecule has 23 heavy (non-hydrogen) atoms. The first kappa shape index (κ1) is 15.3. The van der Waals surface area contributed by atoms with Crippen LogP contribution in [0, 0.1) is 0 Å². The van der Waals surface area contributed by atoms with Crippen molar-refractivity contribution in [3.05, 3.63) is 59.2 Å². The molecule has 1 aliphatic rings. The summed E-state index contributed by atoms with van der Waals surface area (Å²) in [4.78, 5) is 0. The number of benzene rings is 2. The van der Waals surface area contributed by atoms with Gasteiger partial charge in [0.2, 0.25) is 0 Å². The molecule has 4 heteroatoms. The molecule has 0 N–H and O–H groups in total. The van der Waals surface area contributed by atoms with Crippen LogP contribution in [-0.2, 0) is 12.8 Å². The van der Waals surface area contributed by atoms with Crippen LogP contribution in [0.25, 0.3) is 0 Å². The Morgan fingerprint density at radius 2 is 1.65 bits per heavy atom. The molecule has 3 rings (SSSR count). The molecule has 0 bridgehead atoms. The zero-order valence-electron chi connectivity index (χ0n) is 13.7. The minimum absolute atomic E-state index is 0.714. The molecule has 118 valence electrons. The van der Waals surface area contributed by atoms with Crippen molar-refractivity contribution in [2.45, 2.75) is 19.8 Å². The van der Waals surface area contributed by atoms with Gasteiger partial charge in [0.05, 0.1) is 19.9 Å². The third-order valence-corrected chi connectivity index (χ3v) is 3.92. The Bertz CT molecular complexity index is 764. The topological polar surface area (TPSA) is 43.2 Å². The molecule has 2 aromatic carbocycles. The molecule has 1 heterocycles. The smallest absolute Gasteiger partial charge is 0.161 e. The minimum Gasteiger partial charge on any atom is -0.493 e. The van der Waals surface area contributed by atoms with Crippen LogP contribution in [0.1, 0.15) is 23.6 Å². The first-order valence-electron chi connectivity index (χ1n) is 7.60. The molecule has 1 aliphatic heterocycles. The lowest BCUT2D eigenvalue weighted by Gasteiger charge is -2.14. The molecule has 0 spiro atoms. The summed E-state index contributed by atoms with van der Waals surface area (Å²) in [5.74, 6) is 1.45. The zero-order valence-corrected chi connectivity index (χ0v) is 13.7. The van der Waals surface area contributed by atoms with Gasteiger partial charge in [-0.1, -0.05) is 30.3 Å². The average Bonchev–Trinajstić information content (AvgIpc) is 2.73. The highest BCUT2D eigenvalue weighted by atomic mass is 16.5. The molecule has 2 aromatic rings. The predicted octanol–water partition coefficient (Wildman–Crippen LogP) is 3.67. The van der Waals surface area contributed by atoms with Gasteiger partial charge in [-0.2, -0.15) is 10.2 Å². The lowest BCUT2D eigenvalue weighted by molar-refractivity contribution is 0.354. The van der Waals surface area contributed by atoms with Gasteiger partial charge in [0, 0.05) is 24.1 Å². The summed E-state index contributed by atoms with van der Waals surface area (Å²) in [7, 11) is 3.30. The molecule has 0 atom stereocenters. The fraction of sp³-hybridized carbons (Fsp3) is 0.263. The molecule has 0 aromatic heterocycles. The number of hydrogen-bond donors (Lipinski definition) is 0. The highest BCUT2D eigenvalue weighted by Gasteiger charge is 2.18. The molecular weight excluding hydrogens is 288 g/mol. The fourth-order valence-corrected chi connectivity index (χ4v) is 2.77. The summed E-state index contributed by atoms with van der Waals surface area (Å²) in [6.07, 6.45) is 1.50. The molecule has 0 saturated carbocycles. The Hall–Kier alpha value is -2.62. The number of ether oxygens (including phenoxy) is 2. The Balaban J connectivity index is 2.07. The number of fused-ring (bicyclic) bond motifs is 1. The van der Waals surface area contributed by atoms with Gasteiger partial charge in [-0.3, -0.25) is 0 Å². The van der Waals surface area contributed by atoms with E-state index in [1.165, 1.54) is 5.56 Å². The van der Waals surface area contributed by atoms with E-state index in [1.807, 2.05) is 37.3 Å². The maximum atomic E-state index is 5.45. The normalized spacial score (nSPS) is 13.5. The molecule has 0 aliphatic carbocycles. The van der Waals surface area contributed by atoms with Crippen LogP contribution in [0.4, 0.5) is 0 Å². The van der Waals surface area contributed by atoms with Crippen LogP contribution in [0.3, 0.4) is 0 Å². The van der Waals surface area contributed by atoms with Crippen molar-refractivity contribution in [2.75, 3.05) is 14.2 Å². The third-order valence-electron chi connectivity index (χ3n) is 3.92. The average molecular weight is 308 g/mol. The van der Waals surface area contributed by atoms with E-state index in [1.54, 1.807) is 14.2 Å². The summed E-state index contributed by atoms with van der Waals surface area (Å²) in [6, 6.07) is 14.3. The summed E-state index contributed by atoms with van der Waals surface area (Å²) in [5, 5.41) is 8.83. The van der Waals surface area contributed by atoms with Crippen LogP contribution >= 0.6 is 0 Å². The van der Waals surface area contributed by atoms with Gasteiger partial charge in [-0.15, -0.1) is 0 Å².